The number of halogens is 1. The van der Waals surface area contributed by atoms with Crippen LogP contribution in [0.25, 0.3) is 0 Å². The highest BCUT2D eigenvalue weighted by Gasteiger charge is 2.23. The van der Waals surface area contributed by atoms with Crippen molar-refractivity contribution in [3.63, 3.8) is 0 Å². The third kappa shape index (κ3) is 2.98. The van der Waals surface area contributed by atoms with Gasteiger partial charge in [0.15, 0.2) is 0 Å². The minimum absolute atomic E-state index is 0.135. The van der Waals surface area contributed by atoms with E-state index in [0.717, 1.165) is 15.0 Å². The van der Waals surface area contributed by atoms with E-state index in [1.165, 1.54) is 11.3 Å². The van der Waals surface area contributed by atoms with E-state index in [2.05, 4.69) is 20.9 Å². The molecule has 5 heteroatoms. The molecule has 0 saturated heterocycles. The monoisotopic (exact) mass is 326 g/mol. The maximum atomic E-state index is 10.4. The second-order valence-corrected chi connectivity index (χ2v) is 6.11. The second-order valence-electron chi connectivity index (χ2n) is 4.13. The maximum absolute atomic E-state index is 10.4. The van der Waals surface area contributed by atoms with Gasteiger partial charge in [-0.25, -0.2) is 4.98 Å². The Bertz CT molecular complexity index is 529. The van der Waals surface area contributed by atoms with Crippen molar-refractivity contribution in [3.05, 3.63) is 50.4 Å². The van der Waals surface area contributed by atoms with Crippen molar-refractivity contribution in [3.8, 4) is 0 Å². The van der Waals surface area contributed by atoms with Gasteiger partial charge in [0.25, 0.3) is 0 Å². The fourth-order valence-corrected chi connectivity index (χ4v) is 2.97. The molecular formula is C13H15BrN2OS. The Morgan fingerprint density at radius 1 is 1.50 bits per heavy atom. The van der Waals surface area contributed by atoms with Crippen LogP contribution in [0, 0.1) is 6.92 Å². The molecule has 3 nitrogen and oxygen atoms in total. The van der Waals surface area contributed by atoms with E-state index in [0.29, 0.717) is 12.2 Å². The quantitative estimate of drug-likeness (QED) is 0.908. The summed E-state index contributed by atoms with van der Waals surface area (Å²) in [6.45, 7) is 2.31. The van der Waals surface area contributed by atoms with Gasteiger partial charge in [-0.3, -0.25) is 0 Å². The number of benzene rings is 1. The van der Waals surface area contributed by atoms with Crippen molar-refractivity contribution in [1.82, 2.24) is 4.98 Å². The first-order chi connectivity index (χ1) is 8.61. The van der Waals surface area contributed by atoms with Crippen LogP contribution in [0.2, 0.25) is 0 Å². The highest BCUT2D eigenvalue weighted by atomic mass is 79.9. The van der Waals surface area contributed by atoms with Gasteiger partial charge in [0.2, 0.25) is 0 Å². The second kappa shape index (κ2) is 5.93. The number of nitrogens with two attached hydrogens (primary N) is 1. The van der Waals surface area contributed by atoms with Crippen LogP contribution in [0.3, 0.4) is 0 Å². The molecule has 0 saturated carbocycles. The number of thiazole rings is 1. The van der Waals surface area contributed by atoms with E-state index >= 15 is 0 Å². The molecule has 0 bridgehead atoms. The molecule has 0 fully saturated rings. The molecule has 1 aromatic carbocycles. The Hall–Kier alpha value is -0.750. The molecule has 2 rings (SSSR count). The van der Waals surface area contributed by atoms with Crippen molar-refractivity contribution in [1.29, 1.82) is 0 Å². The van der Waals surface area contributed by atoms with E-state index in [1.807, 2.05) is 36.6 Å². The van der Waals surface area contributed by atoms with Gasteiger partial charge in [-0.1, -0.05) is 28.1 Å². The highest BCUT2D eigenvalue weighted by Crippen LogP contribution is 2.31. The lowest BCUT2D eigenvalue weighted by Crippen LogP contribution is -2.20. The van der Waals surface area contributed by atoms with Crippen LogP contribution in [0.15, 0.2) is 34.1 Å². The molecule has 0 aliphatic rings. The van der Waals surface area contributed by atoms with Gasteiger partial charge < -0.3 is 10.8 Å². The standard InChI is InChI=1S/C13H15BrN2OS/c1-8-16-12(7-18-8)13(17)11(6-15)9-3-2-4-10(14)5-9/h2-5,7,11,13,17H,6,15H2,1H3. The van der Waals surface area contributed by atoms with Crippen molar-refractivity contribution >= 4 is 27.3 Å². The SMILES string of the molecule is Cc1nc(C(O)C(CN)c2cccc(Br)c2)cs1. The van der Waals surface area contributed by atoms with Gasteiger partial charge in [-0.15, -0.1) is 11.3 Å². The minimum Gasteiger partial charge on any atom is -0.386 e. The summed E-state index contributed by atoms with van der Waals surface area (Å²) in [7, 11) is 0. The van der Waals surface area contributed by atoms with Crippen LogP contribution in [-0.2, 0) is 0 Å². The number of aliphatic hydroxyl groups excluding tert-OH is 1. The van der Waals surface area contributed by atoms with Gasteiger partial charge in [0.05, 0.1) is 10.7 Å². The molecule has 1 heterocycles. The highest BCUT2D eigenvalue weighted by molar-refractivity contribution is 9.10. The Labute approximate surface area is 119 Å². The summed E-state index contributed by atoms with van der Waals surface area (Å²) in [6, 6.07) is 7.86. The zero-order valence-electron chi connectivity index (χ0n) is 10.0. The van der Waals surface area contributed by atoms with E-state index in [4.69, 9.17) is 5.73 Å². The molecule has 0 radical (unpaired) electrons. The Balaban J connectivity index is 2.28. The molecule has 0 aliphatic carbocycles. The number of rotatable bonds is 4. The maximum Gasteiger partial charge on any atom is 0.105 e. The fraction of sp³-hybridized carbons (Fsp3) is 0.308. The van der Waals surface area contributed by atoms with Gasteiger partial charge >= 0.3 is 0 Å². The number of hydrogen-bond donors (Lipinski definition) is 2. The van der Waals surface area contributed by atoms with Crippen molar-refractivity contribution in [2.24, 2.45) is 5.73 Å². The Morgan fingerprint density at radius 3 is 2.83 bits per heavy atom. The third-order valence-electron chi connectivity index (χ3n) is 2.85. The average molecular weight is 327 g/mol. The topological polar surface area (TPSA) is 59.1 Å². The number of aliphatic hydroxyl groups is 1. The molecule has 0 amide bonds. The zero-order valence-corrected chi connectivity index (χ0v) is 12.4. The predicted octanol–water partition coefficient (Wildman–Crippen LogP) is 2.99. The summed E-state index contributed by atoms with van der Waals surface area (Å²) >= 11 is 4.97. The Kier molecular flexibility index (Phi) is 4.50. The number of aryl methyl sites for hydroxylation is 1. The number of hydrogen-bond acceptors (Lipinski definition) is 4. The lowest BCUT2D eigenvalue weighted by molar-refractivity contribution is 0.143. The molecule has 2 atom stereocenters. The molecule has 0 spiro atoms. The van der Waals surface area contributed by atoms with E-state index in [-0.39, 0.29) is 5.92 Å². The third-order valence-corrected chi connectivity index (χ3v) is 4.14. The summed E-state index contributed by atoms with van der Waals surface area (Å²) in [5.74, 6) is -0.135. The van der Waals surface area contributed by atoms with Crippen LogP contribution in [0.4, 0.5) is 0 Å². The van der Waals surface area contributed by atoms with Crippen LogP contribution in [-0.4, -0.2) is 16.6 Å². The zero-order chi connectivity index (χ0) is 13.1. The molecule has 96 valence electrons. The normalized spacial score (nSPS) is 14.4. The lowest BCUT2D eigenvalue weighted by Gasteiger charge is -2.20. The molecule has 18 heavy (non-hydrogen) atoms. The predicted molar refractivity (Wildman–Crippen MR) is 77.7 cm³/mol. The summed E-state index contributed by atoms with van der Waals surface area (Å²) < 4.78 is 0.986. The fourth-order valence-electron chi connectivity index (χ4n) is 1.91. The van der Waals surface area contributed by atoms with Gasteiger partial charge in [-0.2, -0.15) is 0 Å². The van der Waals surface area contributed by atoms with E-state index in [9.17, 15) is 5.11 Å². The largest absolute Gasteiger partial charge is 0.386 e. The van der Waals surface area contributed by atoms with Crippen molar-refractivity contribution < 1.29 is 5.11 Å². The molecule has 0 aliphatic heterocycles. The van der Waals surface area contributed by atoms with Crippen molar-refractivity contribution in [2.45, 2.75) is 18.9 Å². The van der Waals surface area contributed by atoms with Crippen LogP contribution < -0.4 is 5.73 Å². The molecule has 2 unspecified atom stereocenters. The van der Waals surface area contributed by atoms with Gasteiger partial charge in [0, 0.05) is 22.3 Å². The minimum atomic E-state index is -0.658. The summed E-state index contributed by atoms with van der Waals surface area (Å²) in [4.78, 5) is 4.33. The Morgan fingerprint density at radius 2 is 2.28 bits per heavy atom. The van der Waals surface area contributed by atoms with Crippen molar-refractivity contribution in [2.75, 3.05) is 6.54 Å². The average Bonchev–Trinajstić information content (AvgIpc) is 2.77. The lowest BCUT2D eigenvalue weighted by atomic mass is 9.92. The van der Waals surface area contributed by atoms with Gasteiger partial charge in [-0.05, 0) is 24.6 Å². The summed E-state index contributed by atoms with van der Waals surface area (Å²) in [6.07, 6.45) is -0.658. The van der Waals surface area contributed by atoms with Crippen LogP contribution >= 0.6 is 27.3 Å². The van der Waals surface area contributed by atoms with Crippen LogP contribution in [0.5, 0.6) is 0 Å². The van der Waals surface area contributed by atoms with E-state index < -0.39 is 6.10 Å². The van der Waals surface area contributed by atoms with Gasteiger partial charge in [0.1, 0.15) is 6.10 Å². The molecule has 3 N–H and O–H groups in total. The number of nitrogens with zero attached hydrogens (tertiary/aromatic N) is 1. The first-order valence-electron chi connectivity index (χ1n) is 5.67. The van der Waals surface area contributed by atoms with Crippen LogP contribution in [0.1, 0.15) is 28.3 Å². The molecular weight excluding hydrogens is 312 g/mol. The number of aromatic nitrogens is 1. The molecule has 2 aromatic rings. The first kappa shape index (κ1) is 13.7. The first-order valence-corrected chi connectivity index (χ1v) is 7.34. The van der Waals surface area contributed by atoms with E-state index in [1.54, 1.807) is 0 Å². The smallest absolute Gasteiger partial charge is 0.105 e. The molecule has 1 aromatic heterocycles. The summed E-state index contributed by atoms with van der Waals surface area (Å²) in [5, 5.41) is 13.2. The summed E-state index contributed by atoms with van der Waals surface area (Å²) in [5.41, 5.74) is 7.52.